The average Bonchev–Trinajstić information content (AvgIpc) is 2.79. The summed E-state index contributed by atoms with van der Waals surface area (Å²) in [6, 6.07) is 0.111. The fraction of sp³-hybridized carbons (Fsp3) is 0.885. The predicted molar refractivity (Wildman–Crippen MR) is 139 cm³/mol. The monoisotopic (exact) mass is 514 g/mol. The van der Waals surface area contributed by atoms with Gasteiger partial charge < -0.3 is 18.9 Å². The highest BCUT2D eigenvalue weighted by Crippen LogP contribution is 2.31. The van der Waals surface area contributed by atoms with Crippen molar-refractivity contribution in [1.29, 1.82) is 0 Å². The van der Waals surface area contributed by atoms with Crippen LogP contribution in [0, 0.1) is 29.6 Å². The van der Waals surface area contributed by atoms with E-state index in [0.717, 1.165) is 0 Å². The van der Waals surface area contributed by atoms with Crippen LogP contribution in [0.3, 0.4) is 0 Å². The summed E-state index contributed by atoms with van der Waals surface area (Å²) in [4.78, 5) is 25.6. The Morgan fingerprint density at radius 3 is 1.50 bits per heavy atom. The van der Waals surface area contributed by atoms with Gasteiger partial charge in [0.25, 0.3) is 5.95 Å². The van der Waals surface area contributed by atoms with Crippen LogP contribution in [-0.2, 0) is 29.9 Å². The van der Waals surface area contributed by atoms with Crippen molar-refractivity contribution >= 4 is 5.95 Å². The lowest BCUT2D eigenvalue weighted by atomic mass is 10.2. The summed E-state index contributed by atoms with van der Waals surface area (Å²) in [5.74, 6) is -0.120. The van der Waals surface area contributed by atoms with E-state index in [1.54, 1.807) is 0 Å². The van der Waals surface area contributed by atoms with Crippen molar-refractivity contribution in [2.24, 2.45) is 29.6 Å². The van der Waals surface area contributed by atoms with E-state index in [2.05, 4.69) is 84.2 Å². The van der Waals surface area contributed by atoms with Crippen molar-refractivity contribution < 1.29 is 28.6 Å². The van der Waals surface area contributed by atoms with Gasteiger partial charge in [-0.25, -0.2) is 9.68 Å². The maximum Gasteiger partial charge on any atom is 0.348 e. The number of rotatable bonds is 19. The first kappa shape index (κ1) is 32.4. The lowest BCUT2D eigenvalue weighted by Gasteiger charge is -2.33. The first-order valence-corrected chi connectivity index (χ1v) is 13.3. The summed E-state index contributed by atoms with van der Waals surface area (Å²) in [5.41, 5.74) is 0. The summed E-state index contributed by atoms with van der Waals surface area (Å²) >= 11 is 0. The molecule has 0 aromatic carbocycles. The van der Waals surface area contributed by atoms with Crippen LogP contribution in [0.25, 0.3) is 0 Å². The maximum atomic E-state index is 6.23. The normalized spacial score (nSPS) is 12.6. The first-order valence-electron chi connectivity index (χ1n) is 13.3. The second-order valence-electron chi connectivity index (χ2n) is 11.0. The minimum absolute atomic E-state index is 0.111. The van der Waals surface area contributed by atoms with Gasteiger partial charge in [-0.05, 0) is 36.5 Å². The number of hydrogen-bond acceptors (Lipinski definition) is 10. The van der Waals surface area contributed by atoms with Gasteiger partial charge in [-0.1, -0.05) is 74.5 Å². The standard InChI is InChI=1S/C26H50N4O6/c1-12-32-26(33-14-19(4)5,34-15-20(6)7)23-27-24(29-25(28-23)31-13-18(2)3)30(35-16-21(8)9)36-17-22(10)11/h18-22H,12-17H2,1-11H3. The Labute approximate surface area is 218 Å². The molecule has 10 nitrogen and oxygen atoms in total. The highest BCUT2D eigenvalue weighted by Gasteiger charge is 2.42. The summed E-state index contributed by atoms with van der Waals surface area (Å²) in [6.45, 7) is 24.7. The van der Waals surface area contributed by atoms with Crippen LogP contribution >= 0.6 is 0 Å². The topological polar surface area (TPSA) is 97.3 Å². The fourth-order valence-corrected chi connectivity index (χ4v) is 2.52. The maximum absolute atomic E-state index is 6.23. The average molecular weight is 515 g/mol. The molecule has 0 fully saturated rings. The molecule has 10 heteroatoms. The van der Waals surface area contributed by atoms with Crippen LogP contribution in [0.4, 0.5) is 5.95 Å². The minimum Gasteiger partial charge on any atom is -0.463 e. The van der Waals surface area contributed by atoms with Gasteiger partial charge in [-0.2, -0.15) is 15.0 Å². The molecule has 36 heavy (non-hydrogen) atoms. The largest absolute Gasteiger partial charge is 0.463 e. The molecule has 0 aliphatic carbocycles. The molecule has 0 N–H and O–H groups in total. The lowest BCUT2D eigenvalue weighted by molar-refractivity contribution is -0.400. The summed E-state index contributed by atoms with van der Waals surface area (Å²) in [5, 5.41) is 1.23. The van der Waals surface area contributed by atoms with Crippen molar-refractivity contribution in [3.8, 4) is 6.01 Å². The molecule has 0 aliphatic rings. The molecule has 0 saturated heterocycles. The zero-order chi connectivity index (χ0) is 27.3. The summed E-state index contributed by atoms with van der Waals surface area (Å²) in [6.07, 6.45) is 0. The number of nitrogens with zero attached hydrogens (tertiary/aromatic N) is 4. The van der Waals surface area contributed by atoms with E-state index < -0.39 is 5.97 Å². The van der Waals surface area contributed by atoms with Crippen LogP contribution < -0.4 is 9.96 Å². The minimum atomic E-state index is -1.64. The third-order valence-corrected chi connectivity index (χ3v) is 4.18. The zero-order valence-corrected chi connectivity index (χ0v) is 24.4. The Morgan fingerprint density at radius 2 is 1.08 bits per heavy atom. The molecule has 1 aromatic heterocycles. The third kappa shape index (κ3) is 12.1. The van der Waals surface area contributed by atoms with Crippen molar-refractivity contribution in [2.45, 2.75) is 82.1 Å². The van der Waals surface area contributed by atoms with Gasteiger partial charge in [-0.15, -0.1) is 0 Å². The molecule has 0 bridgehead atoms. The molecule has 0 radical (unpaired) electrons. The number of aromatic nitrogens is 3. The van der Waals surface area contributed by atoms with E-state index in [-0.39, 0.29) is 47.4 Å². The Morgan fingerprint density at radius 1 is 0.611 bits per heavy atom. The Bertz CT molecular complexity index is 706. The van der Waals surface area contributed by atoms with Crippen LogP contribution in [0.1, 0.15) is 82.0 Å². The van der Waals surface area contributed by atoms with Crippen molar-refractivity contribution in [2.75, 3.05) is 44.9 Å². The van der Waals surface area contributed by atoms with Crippen LogP contribution in [0.2, 0.25) is 0 Å². The molecule has 1 rings (SSSR count). The van der Waals surface area contributed by atoms with Gasteiger partial charge in [0.1, 0.15) is 0 Å². The Hall–Kier alpha value is -1.59. The molecule has 0 unspecified atom stereocenters. The molecule has 0 spiro atoms. The van der Waals surface area contributed by atoms with Crippen molar-refractivity contribution in [3.05, 3.63) is 5.82 Å². The van der Waals surface area contributed by atoms with E-state index >= 15 is 0 Å². The van der Waals surface area contributed by atoms with E-state index in [0.29, 0.717) is 39.6 Å². The van der Waals surface area contributed by atoms with Crippen LogP contribution in [-0.4, -0.2) is 54.6 Å². The van der Waals surface area contributed by atoms with Crippen LogP contribution in [0.5, 0.6) is 6.01 Å². The van der Waals surface area contributed by atoms with Gasteiger partial charge in [0.15, 0.2) is 0 Å². The molecule has 1 aromatic rings. The smallest absolute Gasteiger partial charge is 0.348 e. The van der Waals surface area contributed by atoms with Crippen molar-refractivity contribution in [1.82, 2.24) is 15.0 Å². The summed E-state index contributed by atoms with van der Waals surface area (Å²) < 4.78 is 24.4. The number of ether oxygens (including phenoxy) is 4. The molecule has 0 saturated carbocycles. The highest BCUT2D eigenvalue weighted by molar-refractivity contribution is 5.25. The molecular weight excluding hydrogens is 464 g/mol. The third-order valence-electron chi connectivity index (χ3n) is 4.18. The predicted octanol–water partition coefficient (Wildman–Crippen LogP) is 5.38. The first-order chi connectivity index (χ1) is 16.9. The van der Waals surface area contributed by atoms with Crippen molar-refractivity contribution in [3.63, 3.8) is 0 Å². The van der Waals surface area contributed by atoms with Gasteiger partial charge in [-0.3, -0.25) is 0 Å². The number of hydrogen-bond donors (Lipinski definition) is 0. The second-order valence-corrected chi connectivity index (χ2v) is 11.0. The zero-order valence-electron chi connectivity index (χ0n) is 24.4. The van der Waals surface area contributed by atoms with E-state index in [9.17, 15) is 0 Å². The molecule has 1 heterocycles. The van der Waals surface area contributed by atoms with Gasteiger partial charge in [0.2, 0.25) is 5.82 Å². The second kappa shape index (κ2) is 16.3. The molecule has 0 aliphatic heterocycles. The Kier molecular flexibility index (Phi) is 14.7. The quantitative estimate of drug-likeness (QED) is 0.177. The fourth-order valence-electron chi connectivity index (χ4n) is 2.52. The van der Waals surface area contributed by atoms with E-state index in [1.807, 2.05) is 6.92 Å². The number of anilines is 1. The summed E-state index contributed by atoms with van der Waals surface area (Å²) in [7, 11) is 0. The molecular formula is C26H50N4O6. The van der Waals surface area contributed by atoms with Gasteiger partial charge in [0.05, 0.1) is 39.6 Å². The molecule has 0 atom stereocenters. The molecule has 210 valence electrons. The SMILES string of the molecule is CCOC(OCC(C)C)(OCC(C)C)c1nc(OCC(C)C)nc(N(OCC(C)C)OCC(C)C)n1. The van der Waals surface area contributed by atoms with E-state index in [4.69, 9.17) is 28.6 Å². The van der Waals surface area contributed by atoms with Gasteiger partial charge >= 0.3 is 12.0 Å². The highest BCUT2D eigenvalue weighted by atomic mass is 17.0. The lowest BCUT2D eigenvalue weighted by Crippen LogP contribution is -2.41. The Balaban J connectivity index is 3.62. The van der Waals surface area contributed by atoms with E-state index in [1.165, 1.54) is 5.23 Å². The molecule has 0 amide bonds. The van der Waals surface area contributed by atoms with Crippen LogP contribution in [0.15, 0.2) is 0 Å². The van der Waals surface area contributed by atoms with Gasteiger partial charge in [0, 0.05) is 0 Å².